The van der Waals surface area contributed by atoms with E-state index in [4.69, 9.17) is 17.0 Å². The molecule has 1 atom stereocenters. The number of benzene rings is 1. The molecule has 0 saturated heterocycles. The Labute approximate surface area is 156 Å². The Morgan fingerprint density at radius 2 is 2.20 bits per heavy atom. The number of hydrazine groups is 1. The molecule has 1 aromatic carbocycles. The number of nitrogens with one attached hydrogen (secondary N) is 3. The van der Waals surface area contributed by atoms with Crippen molar-refractivity contribution in [3.05, 3.63) is 24.3 Å². The van der Waals surface area contributed by atoms with Crippen molar-refractivity contribution < 1.29 is 14.3 Å². The van der Waals surface area contributed by atoms with Gasteiger partial charge in [-0.25, -0.2) is 0 Å². The number of amides is 2. The summed E-state index contributed by atoms with van der Waals surface area (Å²) in [6, 6.07) is 7.54. The number of para-hydroxylation sites is 1. The van der Waals surface area contributed by atoms with E-state index in [0.717, 1.165) is 17.0 Å². The summed E-state index contributed by atoms with van der Waals surface area (Å²) in [7, 11) is 3.30. The van der Waals surface area contributed by atoms with Gasteiger partial charge in [-0.1, -0.05) is 12.1 Å². The van der Waals surface area contributed by atoms with Gasteiger partial charge in [0.05, 0.1) is 10.9 Å². The van der Waals surface area contributed by atoms with E-state index in [-0.39, 0.29) is 18.2 Å². The molecule has 136 valence electrons. The van der Waals surface area contributed by atoms with E-state index in [0.29, 0.717) is 18.3 Å². The molecule has 2 amide bonds. The van der Waals surface area contributed by atoms with Crippen LogP contribution in [0.5, 0.6) is 0 Å². The molecule has 1 aromatic rings. The summed E-state index contributed by atoms with van der Waals surface area (Å²) in [5.41, 5.74) is 3.46. The van der Waals surface area contributed by atoms with Crippen molar-refractivity contribution in [3.63, 3.8) is 0 Å². The Bertz CT molecular complexity index is 642. The number of fused-ring (bicyclic) bond motifs is 1. The number of carbonyl (C=O) groups is 2. The van der Waals surface area contributed by atoms with Gasteiger partial charge >= 0.3 is 0 Å². The number of hydrogen-bond acceptors (Lipinski definition) is 5. The zero-order chi connectivity index (χ0) is 18.2. The fourth-order valence-electron chi connectivity index (χ4n) is 2.21. The summed E-state index contributed by atoms with van der Waals surface area (Å²) in [6.07, 6.45) is 0.887. The first kappa shape index (κ1) is 19.5. The van der Waals surface area contributed by atoms with E-state index in [2.05, 4.69) is 16.1 Å². The summed E-state index contributed by atoms with van der Waals surface area (Å²) in [5.74, 6) is -0.433. The molecule has 9 heteroatoms. The summed E-state index contributed by atoms with van der Waals surface area (Å²) in [6.45, 7) is 1.30. The maximum Gasteiger partial charge on any atom is 0.240 e. The van der Waals surface area contributed by atoms with Crippen molar-refractivity contribution in [2.24, 2.45) is 0 Å². The van der Waals surface area contributed by atoms with E-state index in [1.807, 2.05) is 24.3 Å². The molecule has 0 aliphatic carbocycles. The van der Waals surface area contributed by atoms with Crippen LogP contribution < -0.4 is 16.1 Å². The standard InChI is InChI=1S/C16H22N4O3S2/c1-20(16(24)17-8-5-9-23-2)19-14(21)10-13-15(22)18-11-6-3-4-7-12(11)25-13/h3-4,6-7,13H,5,8-10H2,1-2H3,(H,17,24)(H,18,22)(H,19,21)/t13-/m0/s1. The number of anilines is 1. The molecule has 1 heterocycles. The number of thiocarbonyl (C=S) groups is 1. The molecule has 7 nitrogen and oxygen atoms in total. The van der Waals surface area contributed by atoms with Crippen LogP contribution in [0.3, 0.4) is 0 Å². The fourth-order valence-corrected chi connectivity index (χ4v) is 3.47. The molecule has 0 aromatic heterocycles. The van der Waals surface area contributed by atoms with Gasteiger partial charge in [0.25, 0.3) is 0 Å². The fraction of sp³-hybridized carbons (Fsp3) is 0.438. The van der Waals surface area contributed by atoms with Crippen molar-refractivity contribution in [1.29, 1.82) is 0 Å². The first-order valence-electron chi connectivity index (χ1n) is 7.87. The highest BCUT2D eigenvalue weighted by Gasteiger charge is 2.29. The number of methoxy groups -OCH3 is 1. The average molecular weight is 383 g/mol. The lowest BCUT2D eigenvalue weighted by molar-refractivity contribution is -0.126. The Kier molecular flexibility index (Phi) is 7.48. The van der Waals surface area contributed by atoms with Crippen molar-refractivity contribution in [3.8, 4) is 0 Å². The Balaban J connectivity index is 1.80. The largest absolute Gasteiger partial charge is 0.385 e. The molecule has 0 unspecified atom stereocenters. The summed E-state index contributed by atoms with van der Waals surface area (Å²) in [4.78, 5) is 25.3. The van der Waals surface area contributed by atoms with Crippen LogP contribution in [0.2, 0.25) is 0 Å². The smallest absolute Gasteiger partial charge is 0.240 e. The summed E-state index contributed by atoms with van der Waals surface area (Å²) in [5, 5.41) is 7.25. The normalized spacial score (nSPS) is 15.8. The number of hydrogen-bond donors (Lipinski definition) is 3. The predicted molar refractivity (Wildman–Crippen MR) is 102 cm³/mol. The van der Waals surface area contributed by atoms with Crippen LogP contribution in [0, 0.1) is 0 Å². The third kappa shape index (κ3) is 5.87. The van der Waals surface area contributed by atoms with Crippen LogP contribution in [-0.4, -0.2) is 54.5 Å². The Morgan fingerprint density at radius 3 is 2.96 bits per heavy atom. The Morgan fingerprint density at radius 1 is 1.44 bits per heavy atom. The second-order valence-corrected chi connectivity index (χ2v) is 7.10. The highest BCUT2D eigenvalue weighted by molar-refractivity contribution is 8.01. The molecular formula is C16H22N4O3S2. The van der Waals surface area contributed by atoms with Crippen LogP contribution in [0.25, 0.3) is 0 Å². The topological polar surface area (TPSA) is 82.7 Å². The first-order chi connectivity index (χ1) is 12.0. The minimum absolute atomic E-state index is 0.0709. The molecule has 1 aliphatic heterocycles. The SMILES string of the molecule is COCCCNC(=S)N(C)NC(=O)C[C@@H]1Sc2ccccc2NC1=O. The molecule has 0 spiro atoms. The van der Waals surface area contributed by atoms with Gasteiger partial charge in [-0.05, 0) is 30.8 Å². The molecule has 2 rings (SSSR count). The number of carbonyl (C=O) groups excluding carboxylic acids is 2. The molecule has 0 saturated carbocycles. The maximum absolute atomic E-state index is 12.2. The van der Waals surface area contributed by atoms with Crippen LogP contribution in [-0.2, 0) is 14.3 Å². The quantitative estimate of drug-likeness (QED) is 0.389. The van der Waals surface area contributed by atoms with Crippen LogP contribution in [0.1, 0.15) is 12.8 Å². The third-order valence-corrected chi connectivity index (χ3v) is 5.17. The van der Waals surface area contributed by atoms with Crippen LogP contribution in [0.4, 0.5) is 5.69 Å². The van der Waals surface area contributed by atoms with Gasteiger partial charge in [0.2, 0.25) is 11.8 Å². The second kappa shape index (κ2) is 9.59. The molecule has 0 bridgehead atoms. The molecule has 3 N–H and O–H groups in total. The van der Waals surface area contributed by atoms with Gasteiger partial charge in [-0.3, -0.25) is 20.0 Å². The highest BCUT2D eigenvalue weighted by atomic mass is 32.2. The lowest BCUT2D eigenvalue weighted by Crippen LogP contribution is -2.49. The minimum Gasteiger partial charge on any atom is -0.385 e. The van der Waals surface area contributed by atoms with Crippen LogP contribution >= 0.6 is 24.0 Å². The minimum atomic E-state index is -0.466. The van der Waals surface area contributed by atoms with Crippen molar-refractivity contribution in [2.45, 2.75) is 23.0 Å². The van der Waals surface area contributed by atoms with Gasteiger partial charge < -0.3 is 15.4 Å². The van der Waals surface area contributed by atoms with Crippen molar-refractivity contribution >= 4 is 46.6 Å². The van der Waals surface area contributed by atoms with Gasteiger partial charge in [0.15, 0.2) is 5.11 Å². The lowest BCUT2D eigenvalue weighted by Gasteiger charge is -2.25. The number of thioether (sulfide) groups is 1. The van der Waals surface area contributed by atoms with E-state index in [1.54, 1.807) is 14.2 Å². The van der Waals surface area contributed by atoms with Gasteiger partial charge in [0, 0.05) is 38.6 Å². The zero-order valence-corrected chi connectivity index (χ0v) is 15.8. The van der Waals surface area contributed by atoms with E-state index in [1.165, 1.54) is 16.8 Å². The first-order valence-corrected chi connectivity index (χ1v) is 9.16. The summed E-state index contributed by atoms with van der Waals surface area (Å²) >= 11 is 6.59. The highest BCUT2D eigenvalue weighted by Crippen LogP contribution is 2.36. The molecule has 1 aliphatic rings. The molecule has 25 heavy (non-hydrogen) atoms. The van der Waals surface area contributed by atoms with E-state index < -0.39 is 5.25 Å². The monoisotopic (exact) mass is 382 g/mol. The van der Waals surface area contributed by atoms with Gasteiger partial charge in [-0.2, -0.15) is 0 Å². The van der Waals surface area contributed by atoms with Crippen LogP contribution in [0.15, 0.2) is 29.2 Å². The van der Waals surface area contributed by atoms with E-state index >= 15 is 0 Å². The lowest BCUT2D eigenvalue weighted by atomic mass is 10.2. The molecule has 0 fully saturated rings. The number of nitrogens with zero attached hydrogens (tertiary/aromatic N) is 1. The molecular weight excluding hydrogens is 360 g/mol. The van der Waals surface area contributed by atoms with Crippen molar-refractivity contribution in [2.75, 3.05) is 32.6 Å². The molecule has 0 radical (unpaired) electrons. The third-order valence-electron chi connectivity index (χ3n) is 3.48. The predicted octanol–water partition coefficient (Wildman–Crippen LogP) is 1.36. The second-order valence-electron chi connectivity index (χ2n) is 5.47. The zero-order valence-electron chi connectivity index (χ0n) is 14.2. The van der Waals surface area contributed by atoms with Gasteiger partial charge in [0.1, 0.15) is 0 Å². The number of rotatable bonds is 6. The van der Waals surface area contributed by atoms with E-state index in [9.17, 15) is 9.59 Å². The summed E-state index contributed by atoms with van der Waals surface area (Å²) < 4.78 is 4.96. The Hall–Kier alpha value is -1.84. The van der Waals surface area contributed by atoms with Crippen molar-refractivity contribution in [1.82, 2.24) is 15.8 Å². The average Bonchev–Trinajstić information content (AvgIpc) is 2.59. The maximum atomic E-state index is 12.2. The van der Waals surface area contributed by atoms with Gasteiger partial charge in [-0.15, -0.1) is 11.8 Å². The number of ether oxygens (including phenoxy) is 1.